The van der Waals surface area contributed by atoms with Crippen LogP contribution in [0.3, 0.4) is 0 Å². The van der Waals surface area contributed by atoms with Gasteiger partial charge in [-0.05, 0) is 45.0 Å². The molecule has 0 saturated carbocycles. The minimum absolute atomic E-state index is 0.209. The summed E-state index contributed by atoms with van der Waals surface area (Å²) >= 11 is 0. The number of hydrogen-bond donors (Lipinski definition) is 2. The van der Waals surface area contributed by atoms with Gasteiger partial charge in [0.15, 0.2) is 0 Å². The van der Waals surface area contributed by atoms with Crippen LogP contribution in [0.5, 0.6) is 0 Å². The van der Waals surface area contributed by atoms with E-state index < -0.39 is 11.4 Å². The Balaban J connectivity index is 2.06. The molecule has 2 N–H and O–H groups in total. The van der Waals surface area contributed by atoms with E-state index in [0.717, 1.165) is 5.76 Å². The van der Waals surface area contributed by atoms with Gasteiger partial charge < -0.3 is 14.8 Å². The average Bonchev–Trinajstić information content (AvgIpc) is 2.92. The first-order valence-corrected chi connectivity index (χ1v) is 7.05. The van der Waals surface area contributed by atoms with Crippen LogP contribution >= 0.6 is 0 Å². The Kier molecular flexibility index (Phi) is 4.65. The lowest BCUT2D eigenvalue weighted by molar-refractivity contribution is 0.0312. The molecule has 0 saturated heterocycles. The molecule has 116 valence electrons. The fourth-order valence-electron chi connectivity index (χ4n) is 2.22. The molecule has 0 aliphatic heterocycles. The summed E-state index contributed by atoms with van der Waals surface area (Å²) in [6, 6.07) is 9.47. The zero-order chi connectivity index (χ0) is 16.3. The summed E-state index contributed by atoms with van der Waals surface area (Å²) in [7, 11) is 0. The van der Waals surface area contributed by atoms with Crippen LogP contribution < -0.4 is 5.32 Å². The van der Waals surface area contributed by atoms with Gasteiger partial charge in [-0.15, -0.1) is 0 Å². The molecular formula is C17H19FN2O2. The van der Waals surface area contributed by atoms with E-state index in [1.54, 1.807) is 38.1 Å². The van der Waals surface area contributed by atoms with E-state index >= 15 is 0 Å². The van der Waals surface area contributed by atoms with Gasteiger partial charge in [0.1, 0.15) is 22.9 Å². The topological polar surface area (TPSA) is 69.2 Å². The third kappa shape index (κ3) is 3.53. The van der Waals surface area contributed by atoms with E-state index in [2.05, 4.69) is 5.32 Å². The Bertz CT molecular complexity index is 701. The number of furan rings is 1. The zero-order valence-electron chi connectivity index (χ0n) is 12.9. The van der Waals surface area contributed by atoms with Crippen molar-refractivity contribution in [2.24, 2.45) is 0 Å². The van der Waals surface area contributed by atoms with Gasteiger partial charge in [0.05, 0.1) is 11.6 Å². The number of halogens is 1. The molecular weight excluding hydrogens is 283 g/mol. The highest BCUT2D eigenvalue weighted by molar-refractivity contribution is 5.34. The predicted molar refractivity (Wildman–Crippen MR) is 80.5 cm³/mol. The van der Waals surface area contributed by atoms with Crippen molar-refractivity contribution in [3.63, 3.8) is 0 Å². The van der Waals surface area contributed by atoms with Crippen molar-refractivity contribution in [1.29, 1.82) is 5.26 Å². The number of benzene rings is 1. The second-order valence-electron chi connectivity index (χ2n) is 5.63. The molecule has 2 rings (SSSR count). The highest BCUT2D eigenvalue weighted by Crippen LogP contribution is 2.24. The monoisotopic (exact) mass is 302 g/mol. The number of aryl methyl sites for hydroxylation is 1. The number of nitrogens with zero attached hydrogens (tertiary/aromatic N) is 1. The molecule has 2 unspecified atom stereocenters. The molecule has 1 aromatic heterocycles. The molecule has 0 aliphatic rings. The molecule has 0 spiro atoms. The van der Waals surface area contributed by atoms with Crippen LogP contribution in [-0.2, 0) is 5.60 Å². The summed E-state index contributed by atoms with van der Waals surface area (Å²) in [5, 5.41) is 22.3. The highest BCUT2D eigenvalue weighted by atomic mass is 19.1. The largest absolute Gasteiger partial charge is 0.463 e. The van der Waals surface area contributed by atoms with Crippen LogP contribution in [-0.4, -0.2) is 11.7 Å². The Morgan fingerprint density at radius 1 is 1.41 bits per heavy atom. The van der Waals surface area contributed by atoms with Crippen LogP contribution in [0.25, 0.3) is 0 Å². The van der Waals surface area contributed by atoms with Gasteiger partial charge in [0.2, 0.25) is 0 Å². The second-order valence-corrected chi connectivity index (χ2v) is 5.63. The Hall–Kier alpha value is -2.16. The molecule has 0 bridgehead atoms. The van der Waals surface area contributed by atoms with Crippen molar-refractivity contribution in [1.82, 2.24) is 5.32 Å². The number of aliphatic hydroxyl groups is 1. The van der Waals surface area contributed by atoms with Crippen molar-refractivity contribution in [2.75, 3.05) is 6.54 Å². The van der Waals surface area contributed by atoms with Gasteiger partial charge >= 0.3 is 0 Å². The lowest BCUT2D eigenvalue weighted by atomic mass is 10.0. The van der Waals surface area contributed by atoms with Crippen molar-refractivity contribution in [2.45, 2.75) is 32.4 Å². The minimum Gasteiger partial charge on any atom is -0.463 e. The summed E-state index contributed by atoms with van der Waals surface area (Å²) in [6.07, 6.45) is 0. The Morgan fingerprint density at radius 3 is 2.68 bits per heavy atom. The fourth-order valence-corrected chi connectivity index (χ4v) is 2.22. The maximum atomic E-state index is 14.0. The van der Waals surface area contributed by atoms with Crippen LogP contribution in [0.4, 0.5) is 4.39 Å². The molecule has 1 heterocycles. The summed E-state index contributed by atoms with van der Waals surface area (Å²) in [5.41, 5.74) is -0.456. The maximum Gasteiger partial charge on any atom is 0.136 e. The normalized spacial score (nSPS) is 15.1. The number of rotatable bonds is 5. The van der Waals surface area contributed by atoms with Crippen LogP contribution in [0.1, 0.15) is 42.5 Å². The third-order valence-corrected chi connectivity index (χ3v) is 3.62. The van der Waals surface area contributed by atoms with Crippen LogP contribution in [0, 0.1) is 24.1 Å². The van der Waals surface area contributed by atoms with Gasteiger partial charge in [0.25, 0.3) is 0 Å². The second kappa shape index (κ2) is 6.30. The van der Waals surface area contributed by atoms with E-state index in [1.807, 2.05) is 13.0 Å². The molecule has 5 heteroatoms. The lowest BCUT2D eigenvalue weighted by Crippen LogP contribution is -2.36. The van der Waals surface area contributed by atoms with Gasteiger partial charge in [0, 0.05) is 18.2 Å². The van der Waals surface area contributed by atoms with E-state index in [9.17, 15) is 9.50 Å². The molecule has 2 atom stereocenters. The van der Waals surface area contributed by atoms with E-state index in [-0.39, 0.29) is 18.2 Å². The van der Waals surface area contributed by atoms with E-state index in [0.29, 0.717) is 11.3 Å². The van der Waals surface area contributed by atoms with Crippen molar-refractivity contribution < 1.29 is 13.9 Å². The van der Waals surface area contributed by atoms with Gasteiger partial charge in [-0.2, -0.15) is 5.26 Å². The molecule has 0 aliphatic carbocycles. The Morgan fingerprint density at radius 2 is 2.14 bits per heavy atom. The number of nitriles is 1. The first-order valence-electron chi connectivity index (χ1n) is 7.05. The average molecular weight is 302 g/mol. The van der Waals surface area contributed by atoms with Crippen molar-refractivity contribution >= 4 is 0 Å². The molecule has 4 nitrogen and oxygen atoms in total. The minimum atomic E-state index is -1.19. The van der Waals surface area contributed by atoms with E-state index in [1.165, 1.54) is 6.07 Å². The molecule has 0 fully saturated rings. The van der Waals surface area contributed by atoms with Crippen LogP contribution in [0.2, 0.25) is 0 Å². The first kappa shape index (κ1) is 16.2. The standard InChI is InChI=1S/C17H19FN2O2/c1-11-4-7-16(22-11)17(3,21)10-20-12(2)14-6-5-13(9-19)8-15(14)18/h4-8,12,20-21H,10H2,1-3H3. The molecule has 0 amide bonds. The van der Waals surface area contributed by atoms with E-state index in [4.69, 9.17) is 9.68 Å². The van der Waals surface area contributed by atoms with Crippen molar-refractivity contribution in [3.05, 3.63) is 58.8 Å². The summed E-state index contributed by atoms with van der Waals surface area (Å²) < 4.78 is 19.4. The zero-order valence-corrected chi connectivity index (χ0v) is 12.9. The maximum absolute atomic E-state index is 14.0. The smallest absolute Gasteiger partial charge is 0.136 e. The molecule has 1 aromatic carbocycles. The predicted octanol–water partition coefficient (Wildman–Crippen LogP) is 3.16. The third-order valence-electron chi connectivity index (χ3n) is 3.62. The quantitative estimate of drug-likeness (QED) is 0.890. The first-order chi connectivity index (χ1) is 10.3. The summed E-state index contributed by atoms with van der Waals surface area (Å²) in [5.74, 6) is 0.749. The SMILES string of the molecule is Cc1ccc(C(C)(O)CNC(C)c2ccc(C#N)cc2F)o1. The number of hydrogen-bond acceptors (Lipinski definition) is 4. The highest BCUT2D eigenvalue weighted by Gasteiger charge is 2.27. The van der Waals surface area contributed by atoms with Gasteiger partial charge in [-0.1, -0.05) is 6.07 Å². The Labute approximate surface area is 129 Å². The van der Waals surface area contributed by atoms with Crippen molar-refractivity contribution in [3.8, 4) is 6.07 Å². The summed E-state index contributed by atoms with van der Waals surface area (Å²) in [4.78, 5) is 0. The molecule has 0 radical (unpaired) electrons. The van der Waals surface area contributed by atoms with Gasteiger partial charge in [-0.3, -0.25) is 0 Å². The van der Waals surface area contributed by atoms with Crippen LogP contribution in [0.15, 0.2) is 34.7 Å². The molecule has 2 aromatic rings. The molecule has 22 heavy (non-hydrogen) atoms. The fraction of sp³-hybridized carbons (Fsp3) is 0.353. The lowest BCUT2D eigenvalue weighted by Gasteiger charge is -2.24. The summed E-state index contributed by atoms with van der Waals surface area (Å²) in [6.45, 7) is 5.45. The van der Waals surface area contributed by atoms with Gasteiger partial charge in [-0.25, -0.2) is 4.39 Å². The number of nitrogens with one attached hydrogen (secondary N) is 1.